The van der Waals surface area contributed by atoms with E-state index in [0.29, 0.717) is 29.7 Å². The molecule has 1 heterocycles. The minimum Gasteiger partial charge on any atom is -0.495 e. The third kappa shape index (κ3) is 6.64. The number of anilines is 1. The fraction of sp³-hybridized carbons (Fsp3) is 0.529. The van der Waals surface area contributed by atoms with Crippen molar-refractivity contribution in [3.63, 3.8) is 0 Å². The van der Waals surface area contributed by atoms with Crippen LogP contribution in [0.1, 0.15) is 19.3 Å². The molecule has 0 bridgehead atoms. The summed E-state index contributed by atoms with van der Waals surface area (Å²) in [6, 6.07) is 4.39. The maximum absolute atomic E-state index is 12.1. The number of rotatable bonds is 7. The maximum Gasteiger partial charge on any atom is 0.237 e. The maximum atomic E-state index is 12.1. The molecule has 146 valence electrons. The topological polar surface area (TPSA) is 103 Å². The van der Waals surface area contributed by atoms with Crippen LogP contribution in [0.25, 0.3) is 0 Å². The molecule has 1 aromatic rings. The van der Waals surface area contributed by atoms with Gasteiger partial charge >= 0.3 is 0 Å². The summed E-state index contributed by atoms with van der Waals surface area (Å²) in [5.74, 6) is 0.155. The molecule has 1 fully saturated rings. The molecule has 1 aliphatic heterocycles. The van der Waals surface area contributed by atoms with Gasteiger partial charge in [-0.3, -0.25) is 9.59 Å². The lowest BCUT2D eigenvalue weighted by atomic mass is 9.92. The van der Waals surface area contributed by atoms with Crippen LogP contribution in [0.15, 0.2) is 18.2 Å². The average Bonchev–Trinajstić information content (AvgIpc) is 2.62. The highest BCUT2D eigenvalue weighted by Gasteiger charge is 2.26. The Morgan fingerprint density at radius 3 is 2.73 bits per heavy atom. The third-order valence-corrected chi connectivity index (χ3v) is 4.40. The highest BCUT2D eigenvalue weighted by Crippen LogP contribution is 2.27. The van der Waals surface area contributed by atoms with Crippen molar-refractivity contribution in [3.8, 4) is 5.75 Å². The summed E-state index contributed by atoms with van der Waals surface area (Å²) in [5, 5.41) is 5.93. The Morgan fingerprint density at radius 2 is 2.08 bits per heavy atom. The molecule has 1 aliphatic rings. The molecule has 9 heteroatoms. The fourth-order valence-corrected chi connectivity index (χ4v) is 2.87. The minimum absolute atomic E-state index is 0. The predicted octanol–water partition coefficient (Wildman–Crippen LogP) is 1.97. The van der Waals surface area contributed by atoms with E-state index in [1.165, 1.54) is 7.11 Å². The smallest absolute Gasteiger partial charge is 0.237 e. The van der Waals surface area contributed by atoms with Crippen LogP contribution >= 0.6 is 24.0 Å². The molecule has 1 saturated heterocycles. The standard InChI is InChI=1S/C17H24ClN3O4.ClH/c1-24-14-3-2-12(18)10-13(14)21-15(22)4-7-20-17(23)16(19)11-5-8-25-9-6-11;/h2-3,10-11,16H,4-9,19H2,1H3,(H,20,23)(H,21,22);1H. The van der Waals surface area contributed by atoms with E-state index in [-0.39, 0.29) is 43.1 Å². The number of benzene rings is 1. The molecule has 7 nitrogen and oxygen atoms in total. The van der Waals surface area contributed by atoms with Crippen molar-refractivity contribution in [2.24, 2.45) is 11.7 Å². The predicted molar refractivity (Wildman–Crippen MR) is 103 cm³/mol. The van der Waals surface area contributed by atoms with E-state index in [1.54, 1.807) is 18.2 Å². The van der Waals surface area contributed by atoms with Crippen molar-refractivity contribution in [3.05, 3.63) is 23.2 Å². The van der Waals surface area contributed by atoms with Crippen molar-refractivity contribution in [2.75, 3.05) is 32.2 Å². The molecular formula is C17H25Cl2N3O4. The highest BCUT2D eigenvalue weighted by atomic mass is 35.5. The SMILES string of the molecule is COc1ccc(Cl)cc1NC(=O)CCNC(=O)C(N)C1CCOCC1.Cl. The van der Waals surface area contributed by atoms with Gasteiger partial charge in [0.15, 0.2) is 0 Å². The van der Waals surface area contributed by atoms with Gasteiger partial charge in [0.1, 0.15) is 5.75 Å². The van der Waals surface area contributed by atoms with E-state index in [0.717, 1.165) is 12.8 Å². The van der Waals surface area contributed by atoms with Crippen LogP contribution < -0.4 is 21.1 Å². The fourth-order valence-electron chi connectivity index (χ4n) is 2.70. The van der Waals surface area contributed by atoms with E-state index >= 15 is 0 Å². The molecule has 1 atom stereocenters. The number of ether oxygens (including phenoxy) is 2. The van der Waals surface area contributed by atoms with E-state index in [2.05, 4.69) is 10.6 Å². The second kappa shape index (κ2) is 11.2. The second-order valence-electron chi connectivity index (χ2n) is 5.91. The van der Waals surface area contributed by atoms with Crippen LogP contribution in [0.2, 0.25) is 5.02 Å². The first-order valence-corrected chi connectivity index (χ1v) is 8.63. The second-order valence-corrected chi connectivity index (χ2v) is 6.35. The Balaban J connectivity index is 0.00000338. The minimum atomic E-state index is -0.569. The molecular weight excluding hydrogens is 381 g/mol. The van der Waals surface area contributed by atoms with Crippen LogP contribution in [0.3, 0.4) is 0 Å². The first kappa shape index (κ1) is 22.5. The van der Waals surface area contributed by atoms with Crippen molar-refractivity contribution in [1.82, 2.24) is 5.32 Å². The van der Waals surface area contributed by atoms with E-state index in [4.69, 9.17) is 26.8 Å². The largest absolute Gasteiger partial charge is 0.495 e. The van der Waals surface area contributed by atoms with Crippen molar-refractivity contribution in [2.45, 2.75) is 25.3 Å². The van der Waals surface area contributed by atoms with Crippen molar-refractivity contribution >= 4 is 41.5 Å². The summed E-state index contributed by atoms with van der Waals surface area (Å²) >= 11 is 5.93. The molecule has 2 rings (SSSR count). The van der Waals surface area contributed by atoms with Gasteiger partial charge in [0.2, 0.25) is 11.8 Å². The summed E-state index contributed by atoms with van der Waals surface area (Å²) in [6.45, 7) is 1.48. The van der Waals surface area contributed by atoms with Crippen LogP contribution in [0.5, 0.6) is 5.75 Å². The first-order valence-electron chi connectivity index (χ1n) is 8.25. The van der Waals surface area contributed by atoms with Gasteiger partial charge in [-0.25, -0.2) is 0 Å². The van der Waals surface area contributed by atoms with Gasteiger partial charge < -0.3 is 25.8 Å². The number of hydrogen-bond acceptors (Lipinski definition) is 5. The molecule has 2 amide bonds. The third-order valence-electron chi connectivity index (χ3n) is 4.16. The Bertz CT molecular complexity index is 610. The lowest BCUT2D eigenvalue weighted by Gasteiger charge is -2.26. The molecule has 1 unspecified atom stereocenters. The van der Waals surface area contributed by atoms with Crippen LogP contribution in [0.4, 0.5) is 5.69 Å². The Kier molecular flexibility index (Phi) is 9.72. The van der Waals surface area contributed by atoms with E-state index < -0.39 is 6.04 Å². The summed E-state index contributed by atoms with van der Waals surface area (Å²) in [6.07, 6.45) is 1.69. The molecule has 1 aromatic carbocycles. The molecule has 0 aliphatic carbocycles. The summed E-state index contributed by atoms with van der Waals surface area (Å²) < 4.78 is 10.4. The van der Waals surface area contributed by atoms with Crippen LogP contribution in [-0.4, -0.2) is 44.7 Å². The lowest BCUT2D eigenvalue weighted by molar-refractivity contribution is -0.124. The van der Waals surface area contributed by atoms with Gasteiger partial charge in [-0.05, 0) is 37.0 Å². The Hall–Kier alpha value is -1.54. The monoisotopic (exact) mass is 405 g/mol. The van der Waals surface area contributed by atoms with Crippen LogP contribution in [-0.2, 0) is 14.3 Å². The van der Waals surface area contributed by atoms with Gasteiger partial charge in [0.25, 0.3) is 0 Å². The number of amides is 2. The number of carbonyl (C=O) groups excluding carboxylic acids is 2. The van der Waals surface area contributed by atoms with Crippen LogP contribution in [0, 0.1) is 5.92 Å². The average molecular weight is 406 g/mol. The zero-order valence-corrected chi connectivity index (χ0v) is 16.2. The molecule has 4 N–H and O–H groups in total. The quantitative estimate of drug-likeness (QED) is 0.643. The summed E-state index contributed by atoms with van der Waals surface area (Å²) in [5.41, 5.74) is 6.48. The van der Waals surface area contributed by atoms with E-state index in [9.17, 15) is 9.59 Å². The normalized spacial score (nSPS) is 15.5. The van der Waals surface area contributed by atoms with Crippen molar-refractivity contribution < 1.29 is 19.1 Å². The summed E-state index contributed by atoms with van der Waals surface area (Å²) in [4.78, 5) is 24.1. The molecule has 26 heavy (non-hydrogen) atoms. The molecule has 0 aromatic heterocycles. The molecule has 0 radical (unpaired) electrons. The Morgan fingerprint density at radius 1 is 1.38 bits per heavy atom. The van der Waals surface area contributed by atoms with E-state index in [1.807, 2.05) is 0 Å². The van der Waals surface area contributed by atoms with Crippen molar-refractivity contribution in [1.29, 1.82) is 0 Å². The number of halogens is 2. The van der Waals surface area contributed by atoms with Gasteiger partial charge in [0, 0.05) is 31.2 Å². The molecule has 0 spiro atoms. The number of nitrogens with two attached hydrogens (primary N) is 1. The highest BCUT2D eigenvalue weighted by molar-refractivity contribution is 6.31. The number of methoxy groups -OCH3 is 1. The summed E-state index contributed by atoms with van der Waals surface area (Å²) in [7, 11) is 1.51. The zero-order valence-electron chi connectivity index (χ0n) is 14.6. The van der Waals surface area contributed by atoms with Gasteiger partial charge in [0.05, 0.1) is 18.8 Å². The molecule has 0 saturated carbocycles. The lowest BCUT2D eigenvalue weighted by Crippen LogP contribution is -2.47. The number of nitrogens with one attached hydrogen (secondary N) is 2. The number of hydrogen-bond donors (Lipinski definition) is 3. The zero-order chi connectivity index (χ0) is 18.2. The van der Waals surface area contributed by atoms with Gasteiger partial charge in [-0.2, -0.15) is 0 Å². The number of carbonyl (C=O) groups is 2. The van der Waals surface area contributed by atoms with Gasteiger partial charge in [-0.15, -0.1) is 12.4 Å². The first-order chi connectivity index (χ1) is 12.0. The van der Waals surface area contributed by atoms with Gasteiger partial charge in [-0.1, -0.05) is 11.6 Å². The Labute approximate surface area is 164 Å².